The molecule has 1 saturated carbocycles. The third-order valence-electron chi connectivity index (χ3n) is 3.14. The topological polar surface area (TPSA) is 42.4 Å². The largest absolute Gasteiger partial charge is 0.474 e. The van der Waals surface area contributed by atoms with Crippen molar-refractivity contribution in [2.24, 2.45) is 0 Å². The maximum Gasteiger partial charge on any atom is 0.219 e. The summed E-state index contributed by atoms with van der Waals surface area (Å²) in [5.74, 6) is -0.0666. The van der Waals surface area contributed by atoms with E-state index in [1.807, 2.05) is 0 Å². The summed E-state index contributed by atoms with van der Waals surface area (Å²) in [5.41, 5.74) is 0.425. The second kappa shape index (κ2) is 5.96. The molecule has 0 aromatic carbocycles. The van der Waals surface area contributed by atoms with Crippen LogP contribution in [0.5, 0.6) is 5.88 Å². The highest BCUT2D eigenvalue weighted by Crippen LogP contribution is 2.24. The van der Waals surface area contributed by atoms with Crippen molar-refractivity contribution in [2.75, 3.05) is 0 Å². The fourth-order valence-electron chi connectivity index (χ4n) is 2.21. The Labute approximate surface area is 101 Å². The number of aromatic nitrogens is 1. The second-order valence-corrected chi connectivity index (χ2v) is 4.51. The molecule has 1 fully saturated rings. The van der Waals surface area contributed by atoms with Crippen LogP contribution >= 0.6 is 0 Å². The van der Waals surface area contributed by atoms with Crippen LogP contribution < -0.4 is 4.74 Å². The van der Waals surface area contributed by atoms with Crippen molar-refractivity contribution in [1.29, 1.82) is 0 Å². The molecule has 2 rings (SSSR count). The Kier molecular flexibility index (Phi) is 4.31. The highest BCUT2D eigenvalue weighted by molar-refractivity contribution is 5.25. The van der Waals surface area contributed by atoms with Crippen LogP contribution in [0.4, 0.5) is 4.39 Å². The first-order chi connectivity index (χ1) is 8.29. The Bertz CT molecular complexity index is 362. The van der Waals surface area contributed by atoms with Crippen LogP contribution in [0.2, 0.25) is 0 Å². The predicted octanol–water partition coefficient (Wildman–Crippen LogP) is 2.81. The molecule has 1 aromatic rings. The van der Waals surface area contributed by atoms with Crippen LogP contribution in [-0.2, 0) is 6.61 Å². The average molecular weight is 239 g/mol. The molecule has 17 heavy (non-hydrogen) atoms. The van der Waals surface area contributed by atoms with Crippen molar-refractivity contribution in [1.82, 2.24) is 4.98 Å². The molecule has 1 aliphatic carbocycles. The van der Waals surface area contributed by atoms with Crippen molar-refractivity contribution in [2.45, 2.75) is 51.2 Å². The smallest absolute Gasteiger partial charge is 0.219 e. The quantitative estimate of drug-likeness (QED) is 0.825. The molecule has 1 aromatic heterocycles. The van der Waals surface area contributed by atoms with E-state index < -0.39 is 5.82 Å². The van der Waals surface area contributed by atoms with Crippen molar-refractivity contribution >= 4 is 0 Å². The minimum Gasteiger partial charge on any atom is -0.474 e. The van der Waals surface area contributed by atoms with Crippen LogP contribution in [-0.4, -0.2) is 16.2 Å². The lowest BCUT2D eigenvalue weighted by atomic mass is 10.1. The SMILES string of the molecule is OCc1cc(F)cnc1OC1CCCCCC1. The molecular weight excluding hydrogens is 221 g/mol. The van der Waals surface area contributed by atoms with Crippen LogP contribution in [0.25, 0.3) is 0 Å². The van der Waals surface area contributed by atoms with Gasteiger partial charge in [-0.25, -0.2) is 9.37 Å². The average Bonchev–Trinajstić information content (AvgIpc) is 2.60. The number of hydrogen-bond acceptors (Lipinski definition) is 3. The first-order valence-corrected chi connectivity index (χ1v) is 6.21. The summed E-state index contributed by atoms with van der Waals surface area (Å²) in [6.45, 7) is -0.243. The maximum absolute atomic E-state index is 12.9. The van der Waals surface area contributed by atoms with Crippen molar-refractivity contribution in [3.63, 3.8) is 0 Å². The third-order valence-corrected chi connectivity index (χ3v) is 3.14. The number of pyridine rings is 1. The highest BCUT2D eigenvalue weighted by atomic mass is 19.1. The number of nitrogens with zero attached hydrogens (tertiary/aromatic N) is 1. The summed E-state index contributed by atoms with van der Waals surface area (Å²) in [5, 5.41) is 9.14. The van der Waals surface area contributed by atoms with E-state index in [-0.39, 0.29) is 12.7 Å². The minimum absolute atomic E-state index is 0.153. The molecule has 0 atom stereocenters. The molecule has 4 heteroatoms. The fraction of sp³-hybridized carbons (Fsp3) is 0.615. The van der Waals surface area contributed by atoms with Gasteiger partial charge in [0.1, 0.15) is 11.9 Å². The monoisotopic (exact) mass is 239 g/mol. The van der Waals surface area contributed by atoms with Gasteiger partial charge in [0.05, 0.1) is 12.8 Å². The lowest BCUT2D eigenvalue weighted by Crippen LogP contribution is -2.17. The standard InChI is InChI=1S/C13H18FNO2/c14-11-7-10(9-16)13(15-8-11)17-12-5-3-1-2-4-6-12/h7-8,12,16H,1-6,9H2. The summed E-state index contributed by atoms with van der Waals surface area (Å²) in [6, 6.07) is 1.28. The van der Waals surface area contributed by atoms with E-state index >= 15 is 0 Å². The molecule has 3 nitrogen and oxygen atoms in total. The molecule has 1 N–H and O–H groups in total. The molecule has 0 amide bonds. The zero-order valence-electron chi connectivity index (χ0n) is 9.86. The fourth-order valence-corrected chi connectivity index (χ4v) is 2.21. The minimum atomic E-state index is -0.442. The summed E-state index contributed by atoms with van der Waals surface area (Å²) in [6.07, 6.45) is 8.16. The number of aliphatic hydroxyl groups excluding tert-OH is 1. The van der Waals surface area contributed by atoms with Crippen LogP contribution in [0.1, 0.15) is 44.1 Å². The van der Waals surface area contributed by atoms with Crippen molar-refractivity contribution in [3.05, 3.63) is 23.6 Å². The van der Waals surface area contributed by atoms with Gasteiger partial charge < -0.3 is 9.84 Å². The van der Waals surface area contributed by atoms with E-state index in [0.29, 0.717) is 11.4 Å². The van der Waals surface area contributed by atoms with Gasteiger partial charge in [-0.05, 0) is 31.7 Å². The molecule has 0 radical (unpaired) electrons. The van der Waals surface area contributed by atoms with E-state index in [1.165, 1.54) is 31.7 Å². The van der Waals surface area contributed by atoms with Gasteiger partial charge in [0.15, 0.2) is 0 Å². The van der Waals surface area contributed by atoms with Crippen LogP contribution in [0, 0.1) is 5.82 Å². The Morgan fingerprint density at radius 2 is 2.00 bits per heavy atom. The lowest BCUT2D eigenvalue weighted by molar-refractivity contribution is 0.168. The van der Waals surface area contributed by atoms with Gasteiger partial charge >= 0.3 is 0 Å². The number of ether oxygens (including phenoxy) is 1. The van der Waals surface area contributed by atoms with E-state index in [0.717, 1.165) is 19.0 Å². The second-order valence-electron chi connectivity index (χ2n) is 4.51. The molecule has 0 bridgehead atoms. The number of rotatable bonds is 3. The third kappa shape index (κ3) is 3.40. The Morgan fingerprint density at radius 3 is 2.65 bits per heavy atom. The van der Waals surface area contributed by atoms with Gasteiger partial charge in [-0.1, -0.05) is 12.8 Å². The number of hydrogen-bond donors (Lipinski definition) is 1. The number of aliphatic hydroxyl groups is 1. The Morgan fingerprint density at radius 1 is 1.29 bits per heavy atom. The molecular formula is C13H18FNO2. The van der Waals surface area contributed by atoms with E-state index in [1.54, 1.807) is 0 Å². The molecule has 0 saturated heterocycles. The maximum atomic E-state index is 12.9. The normalized spacial score (nSPS) is 17.8. The van der Waals surface area contributed by atoms with Crippen LogP contribution in [0.3, 0.4) is 0 Å². The summed E-state index contributed by atoms with van der Waals surface area (Å²) < 4.78 is 18.7. The molecule has 0 unspecified atom stereocenters. The van der Waals surface area contributed by atoms with Gasteiger partial charge in [0.25, 0.3) is 0 Å². The zero-order chi connectivity index (χ0) is 12.1. The summed E-state index contributed by atoms with van der Waals surface area (Å²) >= 11 is 0. The number of halogens is 1. The molecule has 0 spiro atoms. The van der Waals surface area contributed by atoms with Gasteiger partial charge in [-0.2, -0.15) is 0 Å². The first kappa shape index (κ1) is 12.3. The Balaban J connectivity index is 2.06. The van der Waals surface area contributed by atoms with Gasteiger partial charge in [0.2, 0.25) is 5.88 Å². The summed E-state index contributed by atoms with van der Waals surface area (Å²) in [7, 11) is 0. The zero-order valence-corrected chi connectivity index (χ0v) is 9.86. The van der Waals surface area contributed by atoms with E-state index in [9.17, 15) is 4.39 Å². The lowest BCUT2D eigenvalue weighted by Gasteiger charge is -2.17. The van der Waals surface area contributed by atoms with Crippen molar-refractivity contribution < 1.29 is 14.2 Å². The molecule has 0 aliphatic heterocycles. The van der Waals surface area contributed by atoms with Gasteiger partial charge in [-0.15, -0.1) is 0 Å². The molecule has 1 heterocycles. The molecule has 94 valence electrons. The van der Waals surface area contributed by atoms with Crippen LogP contribution in [0.15, 0.2) is 12.3 Å². The van der Waals surface area contributed by atoms with Crippen molar-refractivity contribution in [3.8, 4) is 5.88 Å². The predicted molar refractivity (Wildman–Crippen MR) is 62.2 cm³/mol. The molecule has 1 aliphatic rings. The first-order valence-electron chi connectivity index (χ1n) is 6.21. The summed E-state index contributed by atoms with van der Waals surface area (Å²) in [4.78, 5) is 3.92. The Hall–Kier alpha value is -1.16. The van der Waals surface area contributed by atoms with E-state index in [2.05, 4.69) is 4.98 Å². The van der Waals surface area contributed by atoms with Gasteiger partial charge in [-0.3, -0.25) is 0 Å². The highest BCUT2D eigenvalue weighted by Gasteiger charge is 2.16. The van der Waals surface area contributed by atoms with E-state index in [4.69, 9.17) is 9.84 Å². The van der Waals surface area contributed by atoms with Gasteiger partial charge in [0, 0.05) is 5.56 Å².